The third-order valence-corrected chi connectivity index (χ3v) is 6.13. The molecule has 1 aromatic carbocycles. The van der Waals surface area contributed by atoms with E-state index >= 15 is 0 Å². The van der Waals surface area contributed by atoms with Crippen molar-refractivity contribution in [2.24, 2.45) is 11.7 Å². The summed E-state index contributed by atoms with van der Waals surface area (Å²) in [4.78, 5) is 30.3. The number of piperidine rings is 1. The van der Waals surface area contributed by atoms with Crippen molar-refractivity contribution in [3.05, 3.63) is 29.3 Å². The van der Waals surface area contributed by atoms with E-state index in [1.807, 2.05) is 28.5 Å². The van der Waals surface area contributed by atoms with Gasteiger partial charge in [-0.2, -0.15) is 0 Å². The van der Waals surface area contributed by atoms with E-state index in [-0.39, 0.29) is 18.2 Å². The zero-order chi connectivity index (χ0) is 20.8. The summed E-state index contributed by atoms with van der Waals surface area (Å²) in [7, 11) is 3.20. The number of thiazole rings is 1. The largest absolute Gasteiger partial charge is 0.493 e. The zero-order valence-corrected chi connectivity index (χ0v) is 17.7. The Morgan fingerprint density at radius 2 is 2.07 bits per heavy atom. The first-order chi connectivity index (χ1) is 14.0. The highest BCUT2D eigenvalue weighted by Crippen LogP contribution is 2.33. The second kappa shape index (κ2) is 9.73. The summed E-state index contributed by atoms with van der Waals surface area (Å²) in [6.07, 6.45) is 3.42. The lowest BCUT2D eigenvalue weighted by Gasteiger charge is -2.32. The Balaban J connectivity index is 1.62. The highest BCUT2D eigenvalue weighted by Gasteiger charge is 2.24. The van der Waals surface area contributed by atoms with Crippen LogP contribution >= 0.6 is 11.3 Å². The Morgan fingerprint density at radius 1 is 1.28 bits per heavy atom. The van der Waals surface area contributed by atoms with E-state index in [1.54, 1.807) is 14.2 Å². The van der Waals surface area contributed by atoms with Crippen LogP contribution in [0.4, 0.5) is 0 Å². The lowest BCUT2D eigenvalue weighted by Crippen LogP contribution is -2.41. The van der Waals surface area contributed by atoms with Gasteiger partial charge in [-0.25, -0.2) is 4.98 Å². The summed E-state index contributed by atoms with van der Waals surface area (Å²) < 4.78 is 10.6. The van der Waals surface area contributed by atoms with Gasteiger partial charge in [0.2, 0.25) is 11.8 Å². The normalized spacial score (nSPS) is 16.5. The zero-order valence-electron chi connectivity index (χ0n) is 16.8. The molecule has 29 heavy (non-hydrogen) atoms. The van der Waals surface area contributed by atoms with E-state index in [9.17, 15) is 9.59 Å². The molecule has 1 aliphatic rings. The van der Waals surface area contributed by atoms with Crippen LogP contribution in [-0.2, 0) is 16.0 Å². The molecule has 7 nitrogen and oxygen atoms in total. The average Bonchev–Trinajstić information content (AvgIpc) is 3.20. The third-order valence-electron chi connectivity index (χ3n) is 5.19. The molecule has 1 unspecified atom stereocenters. The van der Waals surface area contributed by atoms with E-state index < -0.39 is 0 Å². The second-order valence-electron chi connectivity index (χ2n) is 7.24. The molecule has 156 valence electrons. The van der Waals surface area contributed by atoms with Crippen LogP contribution in [0.3, 0.4) is 0 Å². The van der Waals surface area contributed by atoms with Gasteiger partial charge < -0.3 is 20.1 Å². The minimum absolute atomic E-state index is 0.0814. The highest BCUT2D eigenvalue weighted by molar-refractivity contribution is 7.13. The van der Waals surface area contributed by atoms with Crippen molar-refractivity contribution in [1.29, 1.82) is 0 Å². The van der Waals surface area contributed by atoms with Gasteiger partial charge in [0.05, 0.1) is 26.3 Å². The topological polar surface area (TPSA) is 94.8 Å². The predicted octanol–water partition coefficient (Wildman–Crippen LogP) is 2.87. The first-order valence-corrected chi connectivity index (χ1v) is 10.6. The number of amides is 2. The SMILES string of the molecule is COc1ccc(-c2nc(CC(=O)N3CCCC(CCC(N)=O)C3)cs2)cc1OC. The van der Waals surface area contributed by atoms with Crippen molar-refractivity contribution >= 4 is 23.2 Å². The van der Waals surface area contributed by atoms with Crippen LogP contribution < -0.4 is 15.2 Å². The number of likely N-dealkylation sites (tertiary alicyclic amines) is 1. The Kier molecular flexibility index (Phi) is 7.09. The van der Waals surface area contributed by atoms with E-state index in [1.165, 1.54) is 11.3 Å². The Morgan fingerprint density at radius 3 is 2.79 bits per heavy atom. The van der Waals surface area contributed by atoms with Crippen LogP contribution in [-0.4, -0.2) is 49.0 Å². The lowest BCUT2D eigenvalue weighted by atomic mass is 9.93. The summed E-state index contributed by atoms with van der Waals surface area (Å²) in [6.45, 7) is 1.46. The van der Waals surface area contributed by atoms with Crippen LogP contribution in [0, 0.1) is 5.92 Å². The van der Waals surface area contributed by atoms with E-state index in [0.717, 1.165) is 42.1 Å². The molecule has 0 spiro atoms. The van der Waals surface area contributed by atoms with Gasteiger partial charge in [-0.1, -0.05) is 0 Å². The molecule has 1 aromatic heterocycles. The van der Waals surface area contributed by atoms with Gasteiger partial charge in [0.25, 0.3) is 0 Å². The molecule has 1 aliphatic heterocycles. The molecule has 2 heterocycles. The number of aromatic nitrogens is 1. The van der Waals surface area contributed by atoms with Crippen molar-refractivity contribution in [2.75, 3.05) is 27.3 Å². The number of primary amides is 1. The van der Waals surface area contributed by atoms with Crippen LogP contribution in [0.5, 0.6) is 11.5 Å². The molecule has 1 atom stereocenters. The van der Waals surface area contributed by atoms with Gasteiger partial charge in [0.15, 0.2) is 11.5 Å². The Bertz CT molecular complexity index is 867. The summed E-state index contributed by atoms with van der Waals surface area (Å²) in [6, 6.07) is 5.66. The monoisotopic (exact) mass is 417 g/mol. The number of carbonyl (C=O) groups is 2. The fourth-order valence-corrected chi connectivity index (χ4v) is 4.45. The Labute approximate surface area is 174 Å². The summed E-state index contributed by atoms with van der Waals surface area (Å²) in [5.74, 6) is 1.46. The number of hydrogen-bond acceptors (Lipinski definition) is 6. The number of methoxy groups -OCH3 is 2. The molecule has 2 N–H and O–H groups in total. The minimum atomic E-state index is -0.279. The molecule has 2 aromatic rings. The number of carbonyl (C=O) groups excluding carboxylic acids is 2. The second-order valence-corrected chi connectivity index (χ2v) is 8.10. The molecule has 1 saturated heterocycles. The first-order valence-electron chi connectivity index (χ1n) is 9.73. The van der Waals surface area contributed by atoms with E-state index in [0.29, 0.717) is 30.4 Å². The van der Waals surface area contributed by atoms with Gasteiger partial charge in [0, 0.05) is 30.5 Å². The third kappa shape index (κ3) is 5.47. The fourth-order valence-electron chi connectivity index (χ4n) is 3.63. The number of rotatable bonds is 8. The number of ether oxygens (including phenoxy) is 2. The maximum atomic E-state index is 12.7. The van der Waals surface area contributed by atoms with Gasteiger partial charge in [-0.3, -0.25) is 9.59 Å². The molecular formula is C21H27N3O4S. The van der Waals surface area contributed by atoms with E-state index in [2.05, 4.69) is 4.98 Å². The molecule has 0 aliphatic carbocycles. The maximum absolute atomic E-state index is 12.7. The number of hydrogen-bond donors (Lipinski definition) is 1. The molecular weight excluding hydrogens is 390 g/mol. The average molecular weight is 418 g/mol. The van der Waals surface area contributed by atoms with Crippen LogP contribution in [0.25, 0.3) is 10.6 Å². The predicted molar refractivity (Wildman–Crippen MR) is 112 cm³/mol. The maximum Gasteiger partial charge on any atom is 0.228 e. The van der Waals surface area contributed by atoms with Gasteiger partial charge in [-0.15, -0.1) is 11.3 Å². The first kappa shape index (κ1) is 21.1. The van der Waals surface area contributed by atoms with Crippen molar-refractivity contribution in [3.63, 3.8) is 0 Å². The smallest absolute Gasteiger partial charge is 0.228 e. The highest BCUT2D eigenvalue weighted by atomic mass is 32.1. The lowest BCUT2D eigenvalue weighted by molar-refractivity contribution is -0.132. The molecule has 0 bridgehead atoms. The van der Waals surface area contributed by atoms with Crippen molar-refractivity contribution in [2.45, 2.75) is 32.1 Å². The van der Waals surface area contributed by atoms with Gasteiger partial charge >= 0.3 is 0 Å². The van der Waals surface area contributed by atoms with Crippen molar-refractivity contribution in [3.8, 4) is 22.1 Å². The molecule has 0 saturated carbocycles. The molecule has 3 rings (SSSR count). The van der Waals surface area contributed by atoms with Crippen molar-refractivity contribution in [1.82, 2.24) is 9.88 Å². The number of benzene rings is 1. The molecule has 8 heteroatoms. The fraction of sp³-hybridized carbons (Fsp3) is 0.476. The van der Waals surface area contributed by atoms with Crippen LogP contribution in [0.1, 0.15) is 31.4 Å². The molecule has 1 fully saturated rings. The minimum Gasteiger partial charge on any atom is -0.493 e. The van der Waals surface area contributed by atoms with Gasteiger partial charge in [0.1, 0.15) is 5.01 Å². The quantitative estimate of drug-likeness (QED) is 0.713. The van der Waals surface area contributed by atoms with Gasteiger partial charge in [-0.05, 0) is 43.4 Å². The Hall–Kier alpha value is -2.61. The molecule has 2 amide bonds. The number of nitrogens with two attached hydrogens (primary N) is 1. The van der Waals surface area contributed by atoms with Crippen LogP contribution in [0.2, 0.25) is 0 Å². The summed E-state index contributed by atoms with van der Waals surface area (Å²) in [5, 5.41) is 2.77. The summed E-state index contributed by atoms with van der Waals surface area (Å²) in [5.41, 5.74) is 6.94. The van der Waals surface area contributed by atoms with Crippen LogP contribution in [0.15, 0.2) is 23.6 Å². The van der Waals surface area contributed by atoms with Crippen molar-refractivity contribution < 1.29 is 19.1 Å². The summed E-state index contributed by atoms with van der Waals surface area (Å²) >= 11 is 1.51. The molecule has 0 radical (unpaired) electrons. The van der Waals surface area contributed by atoms with E-state index in [4.69, 9.17) is 15.2 Å². The standard InChI is InChI=1S/C21H27N3O4S/c1-27-17-7-6-15(10-18(17)28-2)21-23-16(13-29-21)11-20(26)24-9-3-4-14(12-24)5-8-19(22)25/h6-7,10,13-14H,3-5,8-9,11-12H2,1-2H3,(H2,22,25). The number of nitrogens with zero attached hydrogens (tertiary/aromatic N) is 2.